The molecule has 0 atom stereocenters. The molecule has 3 heteroatoms. The number of nitrogens with one attached hydrogen (secondary N) is 1. The third kappa shape index (κ3) is 1.92. The summed E-state index contributed by atoms with van der Waals surface area (Å²) in [6, 6.07) is 6.12. The Morgan fingerprint density at radius 1 is 1.29 bits per heavy atom. The van der Waals surface area contributed by atoms with Gasteiger partial charge in [0.2, 0.25) is 0 Å². The highest BCUT2D eigenvalue weighted by atomic mass is 19.1. The van der Waals surface area contributed by atoms with E-state index in [1.807, 2.05) is 13.8 Å². The summed E-state index contributed by atoms with van der Waals surface area (Å²) in [5.41, 5.74) is 0.355. The summed E-state index contributed by atoms with van der Waals surface area (Å²) in [5.74, 6) is -0.0994. The van der Waals surface area contributed by atoms with E-state index in [-0.39, 0.29) is 11.7 Å². The minimum absolute atomic E-state index is 0.170. The fraction of sp³-hybridized carbons (Fsp3) is 0.364. The molecule has 14 heavy (non-hydrogen) atoms. The van der Waals surface area contributed by atoms with Gasteiger partial charge in [0.15, 0.2) is 5.90 Å². The van der Waals surface area contributed by atoms with Crippen LogP contribution in [0.2, 0.25) is 0 Å². The smallest absolute Gasteiger partial charge is 0.190 e. The van der Waals surface area contributed by atoms with Crippen molar-refractivity contribution in [1.29, 1.82) is 5.41 Å². The van der Waals surface area contributed by atoms with Gasteiger partial charge in [-0.05, 0) is 31.5 Å². The zero-order valence-electron chi connectivity index (χ0n) is 8.60. The van der Waals surface area contributed by atoms with Gasteiger partial charge in [0.05, 0.1) is 12.5 Å². The lowest BCUT2D eigenvalue weighted by Crippen LogP contribution is -2.29. The molecular weight excluding hydrogens is 181 g/mol. The average Bonchev–Trinajstić information content (AvgIpc) is 2.17. The van der Waals surface area contributed by atoms with E-state index in [2.05, 4.69) is 0 Å². The molecule has 0 radical (unpaired) electrons. The van der Waals surface area contributed by atoms with Crippen molar-refractivity contribution in [3.63, 3.8) is 0 Å². The van der Waals surface area contributed by atoms with Gasteiger partial charge in [0, 0.05) is 0 Å². The van der Waals surface area contributed by atoms with Crippen molar-refractivity contribution in [3.8, 4) is 0 Å². The maximum atomic E-state index is 12.7. The van der Waals surface area contributed by atoms with E-state index in [9.17, 15) is 4.39 Å². The fourth-order valence-electron chi connectivity index (χ4n) is 1.25. The number of ether oxygens (including phenoxy) is 1. The first kappa shape index (κ1) is 10.7. The summed E-state index contributed by atoms with van der Waals surface area (Å²) in [7, 11) is 1.47. The standard InChI is InChI=1S/C11H14FNO/c1-11(2,10(13)14-3)8-4-6-9(12)7-5-8/h4-7,13H,1-3H3. The Morgan fingerprint density at radius 2 is 1.79 bits per heavy atom. The van der Waals surface area contributed by atoms with Gasteiger partial charge in [0.25, 0.3) is 0 Å². The lowest BCUT2D eigenvalue weighted by atomic mass is 9.84. The maximum Gasteiger partial charge on any atom is 0.190 e. The normalized spacial score (nSPS) is 11.1. The Morgan fingerprint density at radius 3 is 2.21 bits per heavy atom. The molecule has 0 saturated heterocycles. The van der Waals surface area contributed by atoms with Gasteiger partial charge in [-0.3, -0.25) is 5.41 Å². The second kappa shape index (κ2) is 3.78. The van der Waals surface area contributed by atoms with Gasteiger partial charge in [0.1, 0.15) is 5.82 Å². The van der Waals surface area contributed by atoms with Crippen LogP contribution in [0.4, 0.5) is 4.39 Å². The summed E-state index contributed by atoms with van der Waals surface area (Å²) < 4.78 is 17.6. The molecule has 0 unspecified atom stereocenters. The van der Waals surface area contributed by atoms with Crippen molar-refractivity contribution in [1.82, 2.24) is 0 Å². The van der Waals surface area contributed by atoms with Crippen molar-refractivity contribution in [3.05, 3.63) is 35.6 Å². The second-order valence-electron chi connectivity index (χ2n) is 3.67. The molecule has 76 valence electrons. The molecular formula is C11H14FNO. The third-order valence-corrected chi connectivity index (χ3v) is 2.34. The van der Waals surface area contributed by atoms with Crippen molar-refractivity contribution in [2.45, 2.75) is 19.3 Å². The summed E-state index contributed by atoms with van der Waals surface area (Å²) in [4.78, 5) is 0. The van der Waals surface area contributed by atoms with Gasteiger partial charge in [-0.15, -0.1) is 0 Å². The lowest BCUT2D eigenvalue weighted by Gasteiger charge is -2.24. The molecule has 1 aromatic rings. The van der Waals surface area contributed by atoms with Crippen LogP contribution in [0.3, 0.4) is 0 Å². The highest BCUT2D eigenvalue weighted by Gasteiger charge is 2.27. The monoisotopic (exact) mass is 195 g/mol. The van der Waals surface area contributed by atoms with Crippen molar-refractivity contribution < 1.29 is 9.13 Å². The number of hydrogen-bond donors (Lipinski definition) is 1. The third-order valence-electron chi connectivity index (χ3n) is 2.34. The Balaban J connectivity index is 3.03. The first-order valence-electron chi connectivity index (χ1n) is 4.37. The van der Waals surface area contributed by atoms with Crippen LogP contribution in [0.5, 0.6) is 0 Å². The first-order valence-corrected chi connectivity index (χ1v) is 4.37. The molecule has 0 heterocycles. The van der Waals surface area contributed by atoms with E-state index in [1.54, 1.807) is 12.1 Å². The highest BCUT2D eigenvalue weighted by Crippen LogP contribution is 2.24. The molecule has 0 fully saturated rings. The topological polar surface area (TPSA) is 33.1 Å². The van der Waals surface area contributed by atoms with Gasteiger partial charge in [-0.25, -0.2) is 4.39 Å². The highest BCUT2D eigenvalue weighted by molar-refractivity contribution is 5.84. The first-order chi connectivity index (χ1) is 6.48. The summed E-state index contributed by atoms with van der Waals surface area (Å²) >= 11 is 0. The van der Waals surface area contributed by atoms with Crippen LogP contribution in [-0.4, -0.2) is 13.0 Å². The molecule has 0 aliphatic heterocycles. The minimum Gasteiger partial charge on any atom is -0.484 e. The lowest BCUT2D eigenvalue weighted by molar-refractivity contribution is 0.356. The van der Waals surface area contributed by atoms with Crippen LogP contribution in [0.25, 0.3) is 0 Å². The summed E-state index contributed by atoms with van der Waals surface area (Å²) in [5, 5.41) is 7.62. The van der Waals surface area contributed by atoms with E-state index in [1.165, 1.54) is 19.2 Å². The Bertz CT molecular complexity index is 330. The zero-order chi connectivity index (χ0) is 10.8. The van der Waals surface area contributed by atoms with E-state index >= 15 is 0 Å². The number of hydrogen-bond acceptors (Lipinski definition) is 2. The molecule has 0 amide bonds. The second-order valence-corrected chi connectivity index (χ2v) is 3.67. The SMILES string of the molecule is COC(=N)C(C)(C)c1ccc(F)cc1. The van der Waals surface area contributed by atoms with Crippen LogP contribution in [0.15, 0.2) is 24.3 Å². The van der Waals surface area contributed by atoms with Gasteiger partial charge >= 0.3 is 0 Å². The molecule has 0 spiro atoms. The van der Waals surface area contributed by atoms with E-state index in [4.69, 9.17) is 10.1 Å². The number of methoxy groups -OCH3 is 1. The predicted molar refractivity (Wildman–Crippen MR) is 54.2 cm³/mol. The quantitative estimate of drug-likeness (QED) is 0.571. The molecule has 2 nitrogen and oxygen atoms in total. The van der Waals surface area contributed by atoms with Gasteiger partial charge < -0.3 is 4.74 Å². The van der Waals surface area contributed by atoms with Crippen LogP contribution >= 0.6 is 0 Å². The van der Waals surface area contributed by atoms with Gasteiger partial charge in [-0.2, -0.15) is 0 Å². The number of halogens is 1. The molecule has 1 N–H and O–H groups in total. The van der Waals surface area contributed by atoms with Crippen LogP contribution < -0.4 is 0 Å². The van der Waals surface area contributed by atoms with Crippen LogP contribution in [0, 0.1) is 11.2 Å². The molecule has 0 bridgehead atoms. The Hall–Kier alpha value is -1.38. The average molecular weight is 195 g/mol. The van der Waals surface area contributed by atoms with Crippen molar-refractivity contribution in [2.24, 2.45) is 0 Å². The zero-order valence-corrected chi connectivity index (χ0v) is 8.60. The Kier molecular flexibility index (Phi) is 2.89. The van der Waals surface area contributed by atoms with Crippen LogP contribution in [0.1, 0.15) is 19.4 Å². The number of benzene rings is 1. The molecule has 0 aliphatic carbocycles. The number of rotatable bonds is 2. The van der Waals surface area contributed by atoms with E-state index < -0.39 is 5.41 Å². The minimum atomic E-state index is -0.511. The Labute approximate surface area is 83.2 Å². The van der Waals surface area contributed by atoms with E-state index in [0.717, 1.165) is 5.56 Å². The molecule has 1 aromatic carbocycles. The van der Waals surface area contributed by atoms with Crippen molar-refractivity contribution >= 4 is 5.90 Å². The molecule has 0 aliphatic rings. The van der Waals surface area contributed by atoms with Crippen LogP contribution in [-0.2, 0) is 10.2 Å². The summed E-state index contributed by atoms with van der Waals surface area (Å²) in [6.07, 6.45) is 0. The van der Waals surface area contributed by atoms with E-state index in [0.29, 0.717) is 0 Å². The largest absolute Gasteiger partial charge is 0.484 e. The molecule has 0 aromatic heterocycles. The molecule has 1 rings (SSSR count). The predicted octanol–water partition coefficient (Wildman–Crippen LogP) is 2.73. The fourth-order valence-corrected chi connectivity index (χ4v) is 1.25. The summed E-state index contributed by atoms with van der Waals surface area (Å²) in [6.45, 7) is 3.73. The van der Waals surface area contributed by atoms with Gasteiger partial charge in [-0.1, -0.05) is 12.1 Å². The maximum absolute atomic E-state index is 12.7. The molecule has 0 saturated carbocycles. The van der Waals surface area contributed by atoms with Crippen molar-refractivity contribution in [2.75, 3.05) is 7.11 Å².